The standard InChI is InChI=1S/C37H49FN6O3Si/c1-48(2,3)14-13-45-24-44-21-31-33(41-44)28-7-4-5-8-30(28)37(31)17-32-29(22-47-37)34(42-18-25-9-10-26(15-25)19-42)40-35(39-32)46-23-36-11-6-12-43(36)20-27(38)16-36/h4-5,7-8,21,25-27H,6,9-20,22-24H2,1-3H3/t25-,26+,27-,36+,37?/m1/s1. The predicted octanol–water partition coefficient (Wildman–Crippen LogP) is 6.17. The molecule has 2 aromatic heterocycles. The van der Waals surface area contributed by atoms with Gasteiger partial charge in [0.25, 0.3) is 0 Å². The summed E-state index contributed by atoms with van der Waals surface area (Å²) >= 11 is 0. The minimum Gasteiger partial charge on any atom is -0.461 e. The summed E-state index contributed by atoms with van der Waals surface area (Å²) in [5.41, 5.74) is 5.39. The first-order valence-electron chi connectivity index (χ1n) is 18.2. The van der Waals surface area contributed by atoms with E-state index in [0.717, 1.165) is 84.6 Å². The van der Waals surface area contributed by atoms with Crippen LogP contribution in [0.4, 0.5) is 10.2 Å². The molecule has 11 heteroatoms. The summed E-state index contributed by atoms with van der Waals surface area (Å²) in [5, 5.41) is 5.04. The molecule has 0 N–H and O–H groups in total. The van der Waals surface area contributed by atoms with Crippen molar-refractivity contribution in [2.45, 2.75) is 101 Å². The van der Waals surface area contributed by atoms with E-state index in [2.05, 4.69) is 59.9 Å². The van der Waals surface area contributed by atoms with Crippen LogP contribution in [0.1, 0.15) is 60.9 Å². The van der Waals surface area contributed by atoms with Gasteiger partial charge in [0.05, 0.1) is 23.5 Å². The lowest BCUT2D eigenvalue weighted by molar-refractivity contribution is -0.0407. The van der Waals surface area contributed by atoms with Gasteiger partial charge in [-0.05, 0) is 62.1 Å². The fraction of sp³-hybridized carbons (Fsp3) is 0.649. The van der Waals surface area contributed by atoms with Crippen molar-refractivity contribution in [2.24, 2.45) is 11.8 Å². The van der Waals surface area contributed by atoms with E-state index in [-0.39, 0.29) is 5.54 Å². The van der Waals surface area contributed by atoms with Gasteiger partial charge in [0.1, 0.15) is 30.9 Å². The zero-order valence-corrected chi connectivity index (χ0v) is 29.7. The topological polar surface area (TPSA) is 77.8 Å². The van der Waals surface area contributed by atoms with Crippen LogP contribution in [0, 0.1) is 11.8 Å². The van der Waals surface area contributed by atoms with Gasteiger partial charge in [-0.3, -0.25) is 4.90 Å². The van der Waals surface area contributed by atoms with E-state index < -0.39 is 19.8 Å². The Balaban J connectivity index is 1.06. The molecule has 5 atom stereocenters. The lowest BCUT2D eigenvalue weighted by atomic mass is 9.84. The largest absolute Gasteiger partial charge is 0.461 e. The first kappa shape index (κ1) is 31.1. The molecule has 256 valence electrons. The molecule has 9 rings (SSSR count). The SMILES string of the molecule is C[Si](C)(C)CCOCn1cc2c(n1)-c1ccccc1C21Cc2nc(OC[C@@]34CCCN3C[C@H](F)C4)nc(N3C[C@@H]4CC[C@@H](C4)C3)c2CO1. The number of nitrogens with zero attached hydrogens (tertiary/aromatic N) is 6. The van der Waals surface area contributed by atoms with Gasteiger partial charge in [-0.15, -0.1) is 0 Å². The van der Waals surface area contributed by atoms with Gasteiger partial charge in [-0.25, -0.2) is 9.07 Å². The monoisotopic (exact) mass is 672 g/mol. The molecule has 48 heavy (non-hydrogen) atoms. The predicted molar refractivity (Wildman–Crippen MR) is 185 cm³/mol. The lowest BCUT2D eigenvalue weighted by Crippen LogP contribution is -2.44. The molecule has 6 aliphatic rings. The van der Waals surface area contributed by atoms with Crippen molar-refractivity contribution in [3.8, 4) is 17.3 Å². The molecule has 0 amide bonds. The average molecular weight is 673 g/mol. The van der Waals surface area contributed by atoms with Crippen LogP contribution in [0.5, 0.6) is 6.01 Å². The summed E-state index contributed by atoms with van der Waals surface area (Å²) in [4.78, 5) is 15.1. The molecular formula is C37H49FN6O3Si. The Hall–Kier alpha value is -2.86. The third kappa shape index (κ3) is 5.31. The Morgan fingerprint density at radius 2 is 1.90 bits per heavy atom. The number of fused-ring (bicyclic) bond motifs is 9. The first-order chi connectivity index (χ1) is 23.2. The summed E-state index contributed by atoms with van der Waals surface area (Å²) in [6, 6.07) is 10.0. The highest BCUT2D eigenvalue weighted by Gasteiger charge is 2.51. The molecule has 2 aliphatic carbocycles. The van der Waals surface area contributed by atoms with E-state index in [0.29, 0.717) is 57.2 Å². The average Bonchev–Trinajstić information content (AvgIpc) is 3.86. The summed E-state index contributed by atoms with van der Waals surface area (Å²) in [6.07, 6.45) is 8.40. The molecule has 3 saturated heterocycles. The van der Waals surface area contributed by atoms with Gasteiger partial charge < -0.3 is 19.1 Å². The Morgan fingerprint density at radius 1 is 1.06 bits per heavy atom. The maximum atomic E-state index is 14.6. The van der Waals surface area contributed by atoms with Crippen molar-refractivity contribution >= 4 is 13.9 Å². The molecular weight excluding hydrogens is 624 g/mol. The fourth-order valence-corrected chi connectivity index (χ4v) is 10.4. The second-order valence-corrected chi connectivity index (χ2v) is 22.3. The summed E-state index contributed by atoms with van der Waals surface area (Å²) in [7, 11) is -1.18. The van der Waals surface area contributed by atoms with Gasteiger partial charge in [0, 0.05) is 70.0 Å². The maximum absolute atomic E-state index is 14.6. The van der Waals surface area contributed by atoms with Crippen LogP contribution in [-0.4, -0.2) is 83.8 Å². The lowest BCUT2D eigenvalue weighted by Gasteiger charge is -2.39. The van der Waals surface area contributed by atoms with Crippen LogP contribution in [-0.2, 0) is 34.8 Å². The number of halogens is 1. The minimum absolute atomic E-state index is 0.252. The van der Waals surface area contributed by atoms with Gasteiger partial charge in [0.2, 0.25) is 0 Å². The fourth-order valence-electron chi connectivity index (χ4n) is 9.68. The Bertz CT molecular complexity index is 1700. The van der Waals surface area contributed by atoms with Crippen LogP contribution >= 0.6 is 0 Å². The molecule has 1 aromatic carbocycles. The zero-order valence-electron chi connectivity index (χ0n) is 28.7. The van der Waals surface area contributed by atoms with Crippen LogP contribution in [0.25, 0.3) is 11.3 Å². The first-order valence-corrected chi connectivity index (χ1v) is 21.9. The van der Waals surface area contributed by atoms with Crippen molar-refractivity contribution in [3.05, 3.63) is 52.8 Å². The van der Waals surface area contributed by atoms with Crippen molar-refractivity contribution in [1.82, 2.24) is 24.6 Å². The summed E-state index contributed by atoms with van der Waals surface area (Å²) < 4.78 is 36.3. The number of benzene rings is 1. The second kappa shape index (κ2) is 11.6. The highest BCUT2D eigenvalue weighted by Crippen LogP contribution is 2.54. The van der Waals surface area contributed by atoms with E-state index in [1.54, 1.807) is 0 Å². The molecule has 0 radical (unpaired) electrons. The highest BCUT2D eigenvalue weighted by molar-refractivity contribution is 6.76. The van der Waals surface area contributed by atoms with Gasteiger partial charge in [0.15, 0.2) is 0 Å². The molecule has 6 heterocycles. The van der Waals surface area contributed by atoms with Gasteiger partial charge in [-0.2, -0.15) is 15.1 Å². The minimum atomic E-state index is -1.18. The number of alkyl halides is 1. The van der Waals surface area contributed by atoms with E-state index in [1.165, 1.54) is 19.3 Å². The van der Waals surface area contributed by atoms with Crippen molar-refractivity contribution in [2.75, 3.05) is 44.3 Å². The Labute approximate surface area is 284 Å². The molecule has 1 spiro atoms. The number of piperidine rings is 1. The number of hydrogen-bond acceptors (Lipinski definition) is 8. The molecule has 9 nitrogen and oxygen atoms in total. The van der Waals surface area contributed by atoms with Crippen molar-refractivity contribution in [3.63, 3.8) is 0 Å². The number of ether oxygens (including phenoxy) is 3. The third-order valence-corrected chi connectivity index (χ3v) is 13.8. The van der Waals surface area contributed by atoms with Crippen LogP contribution in [0.15, 0.2) is 30.5 Å². The number of hydrogen-bond donors (Lipinski definition) is 0. The molecule has 1 unspecified atom stereocenters. The molecule has 2 bridgehead atoms. The number of anilines is 1. The number of rotatable bonds is 9. The van der Waals surface area contributed by atoms with Crippen molar-refractivity contribution < 1.29 is 18.6 Å². The normalized spacial score (nSPS) is 30.5. The summed E-state index contributed by atoms with van der Waals surface area (Å²) in [5.74, 6) is 2.39. The Morgan fingerprint density at radius 3 is 2.73 bits per heavy atom. The van der Waals surface area contributed by atoms with Crippen LogP contribution in [0.3, 0.4) is 0 Å². The van der Waals surface area contributed by atoms with E-state index in [9.17, 15) is 4.39 Å². The highest BCUT2D eigenvalue weighted by atomic mass is 28.3. The van der Waals surface area contributed by atoms with E-state index in [1.807, 2.05) is 4.68 Å². The molecule has 4 aliphatic heterocycles. The molecule has 3 aromatic rings. The quantitative estimate of drug-likeness (QED) is 0.197. The summed E-state index contributed by atoms with van der Waals surface area (Å²) in [6.45, 7) is 12.6. The van der Waals surface area contributed by atoms with Crippen molar-refractivity contribution in [1.29, 1.82) is 0 Å². The third-order valence-electron chi connectivity index (χ3n) is 12.1. The van der Waals surface area contributed by atoms with E-state index in [4.69, 9.17) is 29.3 Å². The van der Waals surface area contributed by atoms with E-state index >= 15 is 0 Å². The van der Waals surface area contributed by atoms with Crippen LogP contribution in [0.2, 0.25) is 25.7 Å². The Kier molecular flexibility index (Phi) is 7.53. The maximum Gasteiger partial charge on any atom is 0.318 e. The zero-order chi connectivity index (χ0) is 32.7. The van der Waals surface area contributed by atoms with Crippen LogP contribution < -0.4 is 9.64 Å². The molecule has 1 saturated carbocycles. The number of aromatic nitrogens is 4. The molecule has 4 fully saturated rings. The van der Waals surface area contributed by atoms with Gasteiger partial charge in [-0.1, -0.05) is 43.9 Å². The smallest absolute Gasteiger partial charge is 0.318 e. The second-order valence-electron chi connectivity index (χ2n) is 16.7. The van der Waals surface area contributed by atoms with Gasteiger partial charge >= 0.3 is 6.01 Å².